The monoisotopic (exact) mass is 337 g/mol. The van der Waals surface area contributed by atoms with Crippen LogP contribution in [0, 0.1) is 0 Å². The lowest BCUT2D eigenvalue weighted by atomic mass is 10.2. The summed E-state index contributed by atoms with van der Waals surface area (Å²) < 4.78 is 70.7. The van der Waals surface area contributed by atoms with Gasteiger partial charge in [0.1, 0.15) is 0 Å². The number of halogens is 3. The molecule has 1 saturated heterocycles. The Morgan fingerprint density at radius 3 is 2.55 bits per heavy atom. The maximum Gasteiger partial charge on any atom is 0.417 e. The van der Waals surface area contributed by atoms with Gasteiger partial charge in [0, 0.05) is 19.7 Å². The van der Waals surface area contributed by atoms with Crippen LogP contribution >= 0.6 is 0 Å². The largest absolute Gasteiger partial charge is 0.417 e. The Morgan fingerprint density at radius 2 is 2.00 bits per heavy atom. The highest BCUT2D eigenvalue weighted by molar-refractivity contribution is 7.89. The molecule has 1 heterocycles. The fourth-order valence-corrected chi connectivity index (χ4v) is 4.17. The zero-order chi connectivity index (χ0) is 16.4. The number of nitrogens with zero attached hydrogens (tertiary/aromatic N) is 1. The lowest BCUT2D eigenvalue weighted by Crippen LogP contribution is -2.38. The molecule has 4 nitrogen and oxygen atoms in total. The molecule has 0 aliphatic carbocycles. The number of likely N-dealkylation sites (N-methyl/N-ethyl adjacent to an activating group) is 1. The molecule has 0 amide bonds. The zero-order valence-electron chi connectivity index (χ0n) is 12.1. The standard InChI is InChI=1S/C14H18F3NO3S/c1-2-18(10-11-6-5-9-21-11)22(19,20)13-8-4-3-7-12(13)14(15,16)17/h3-4,7-8,11H,2,5-6,9-10H2,1H3. The Labute approximate surface area is 127 Å². The second-order valence-electron chi connectivity index (χ2n) is 5.08. The molecule has 1 atom stereocenters. The zero-order valence-corrected chi connectivity index (χ0v) is 13.0. The Hall–Kier alpha value is -1.12. The van der Waals surface area contributed by atoms with E-state index >= 15 is 0 Å². The van der Waals surface area contributed by atoms with Crippen LogP contribution in [0.15, 0.2) is 29.2 Å². The fraction of sp³-hybridized carbons (Fsp3) is 0.571. The predicted octanol–water partition coefficient (Wildman–Crippen LogP) is 2.90. The van der Waals surface area contributed by atoms with E-state index in [0.29, 0.717) is 13.0 Å². The summed E-state index contributed by atoms with van der Waals surface area (Å²) in [4.78, 5) is -0.706. The van der Waals surface area contributed by atoms with Gasteiger partial charge in [-0.1, -0.05) is 19.1 Å². The number of sulfonamides is 1. The van der Waals surface area contributed by atoms with Crippen molar-refractivity contribution in [2.45, 2.75) is 36.9 Å². The fourth-order valence-electron chi connectivity index (χ4n) is 2.48. The van der Waals surface area contributed by atoms with Gasteiger partial charge in [0.05, 0.1) is 16.6 Å². The molecule has 1 fully saturated rings. The Bertz CT molecular complexity index is 610. The summed E-state index contributed by atoms with van der Waals surface area (Å²) in [7, 11) is -4.22. The second kappa shape index (κ2) is 6.55. The van der Waals surface area contributed by atoms with E-state index in [4.69, 9.17) is 4.74 Å². The molecule has 1 aliphatic heterocycles. The van der Waals surface area contributed by atoms with Crippen LogP contribution in [0.5, 0.6) is 0 Å². The molecule has 0 aromatic heterocycles. The van der Waals surface area contributed by atoms with E-state index in [1.165, 1.54) is 12.1 Å². The van der Waals surface area contributed by atoms with E-state index in [1.54, 1.807) is 6.92 Å². The molecule has 8 heteroatoms. The summed E-state index contributed by atoms with van der Waals surface area (Å²) in [5.74, 6) is 0. The van der Waals surface area contributed by atoms with Crippen LogP contribution in [0.3, 0.4) is 0 Å². The van der Waals surface area contributed by atoms with Crippen molar-refractivity contribution < 1.29 is 26.3 Å². The van der Waals surface area contributed by atoms with Gasteiger partial charge in [0.2, 0.25) is 10.0 Å². The minimum absolute atomic E-state index is 0.0744. The van der Waals surface area contributed by atoms with Gasteiger partial charge < -0.3 is 4.74 Å². The van der Waals surface area contributed by atoms with Crippen molar-refractivity contribution in [3.05, 3.63) is 29.8 Å². The number of benzene rings is 1. The van der Waals surface area contributed by atoms with Gasteiger partial charge in [-0.2, -0.15) is 17.5 Å². The van der Waals surface area contributed by atoms with Gasteiger partial charge in [-0.05, 0) is 25.0 Å². The molecule has 2 rings (SSSR count). The summed E-state index contributed by atoms with van der Waals surface area (Å²) in [6, 6.07) is 4.25. The van der Waals surface area contributed by atoms with Gasteiger partial charge in [-0.25, -0.2) is 8.42 Å². The number of alkyl halides is 3. The first-order chi connectivity index (χ1) is 10.3. The summed E-state index contributed by atoms with van der Waals surface area (Å²) in [6.45, 7) is 2.32. The highest BCUT2D eigenvalue weighted by Crippen LogP contribution is 2.35. The molecule has 0 N–H and O–H groups in total. The van der Waals surface area contributed by atoms with Gasteiger partial charge in [-0.3, -0.25) is 0 Å². The van der Waals surface area contributed by atoms with Gasteiger partial charge in [0.15, 0.2) is 0 Å². The molecule has 1 aromatic carbocycles. The van der Waals surface area contributed by atoms with Crippen LogP contribution in [0.2, 0.25) is 0 Å². The van der Waals surface area contributed by atoms with Crippen LogP contribution in [-0.2, 0) is 20.9 Å². The van der Waals surface area contributed by atoms with Crippen molar-refractivity contribution in [2.24, 2.45) is 0 Å². The summed E-state index contributed by atoms with van der Waals surface area (Å²) in [5, 5.41) is 0. The van der Waals surface area contributed by atoms with E-state index in [0.717, 1.165) is 22.9 Å². The van der Waals surface area contributed by atoms with E-state index in [2.05, 4.69) is 0 Å². The van der Waals surface area contributed by atoms with Crippen LogP contribution < -0.4 is 0 Å². The number of ether oxygens (including phenoxy) is 1. The smallest absolute Gasteiger partial charge is 0.377 e. The summed E-state index contributed by atoms with van der Waals surface area (Å²) >= 11 is 0. The first-order valence-electron chi connectivity index (χ1n) is 7.04. The van der Waals surface area contributed by atoms with Crippen molar-refractivity contribution in [3.8, 4) is 0 Å². The molecule has 0 saturated carbocycles. The average molecular weight is 337 g/mol. The predicted molar refractivity (Wildman–Crippen MR) is 74.9 cm³/mol. The molecule has 1 unspecified atom stereocenters. The first-order valence-corrected chi connectivity index (χ1v) is 8.48. The molecular weight excluding hydrogens is 319 g/mol. The van der Waals surface area contributed by atoms with E-state index in [9.17, 15) is 21.6 Å². The second-order valence-corrected chi connectivity index (χ2v) is 6.99. The molecule has 1 aliphatic rings. The minimum atomic E-state index is -4.72. The number of rotatable bonds is 5. The van der Waals surface area contributed by atoms with Crippen LogP contribution in [-0.4, -0.2) is 38.5 Å². The maximum atomic E-state index is 13.0. The summed E-state index contributed by atoms with van der Waals surface area (Å²) in [6.07, 6.45) is -3.42. The van der Waals surface area contributed by atoms with Gasteiger partial charge in [-0.15, -0.1) is 0 Å². The molecular formula is C14H18F3NO3S. The Balaban J connectivity index is 2.36. The number of hydrogen-bond donors (Lipinski definition) is 0. The SMILES string of the molecule is CCN(CC1CCCO1)S(=O)(=O)c1ccccc1C(F)(F)F. The average Bonchev–Trinajstić information content (AvgIpc) is 2.96. The summed E-state index contributed by atoms with van der Waals surface area (Å²) in [5.41, 5.74) is -1.14. The highest BCUT2D eigenvalue weighted by atomic mass is 32.2. The molecule has 0 spiro atoms. The lowest BCUT2D eigenvalue weighted by Gasteiger charge is -2.25. The molecule has 124 valence electrons. The molecule has 0 radical (unpaired) electrons. The third-order valence-corrected chi connectivity index (χ3v) is 5.59. The third kappa shape index (κ3) is 3.61. The van der Waals surface area contributed by atoms with Crippen LogP contribution in [0.25, 0.3) is 0 Å². The first kappa shape index (κ1) is 17.2. The Morgan fingerprint density at radius 1 is 1.32 bits per heavy atom. The van der Waals surface area contributed by atoms with Crippen LogP contribution in [0.4, 0.5) is 13.2 Å². The highest BCUT2D eigenvalue weighted by Gasteiger charge is 2.39. The quantitative estimate of drug-likeness (QED) is 0.830. The van der Waals surface area contributed by atoms with Gasteiger partial charge in [0.25, 0.3) is 0 Å². The lowest BCUT2D eigenvalue weighted by molar-refractivity contribution is -0.139. The van der Waals surface area contributed by atoms with E-state index < -0.39 is 26.7 Å². The van der Waals surface area contributed by atoms with Crippen molar-refractivity contribution in [3.63, 3.8) is 0 Å². The maximum absolute atomic E-state index is 13.0. The minimum Gasteiger partial charge on any atom is -0.377 e. The van der Waals surface area contributed by atoms with Gasteiger partial charge >= 0.3 is 6.18 Å². The molecule has 0 bridgehead atoms. The Kier molecular flexibility index (Phi) is 5.14. The van der Waals surface area contributed by atoms with Crippen molar-refractivity contribution in [2.75, 3.05) is 19.7 Å². The van der Waals surface area contributed by atoms with Crippen LogP contribution in [0.1, 0.15) is 25.3 Å². The van der Waals surface area contributed by atoms with Crippen molar-refractivity contribution >= 4 is 10.0 Å². The number of hydrogen-bond acceptors (Lipinski definition) is 3. The molecule has 22 heavy (non-hydrogen) atoms. The van der Waals surface area contributed by atoms with E-state index in [1.807, 2.05) is 0 Å². The topological polar surface area (TPSA) is 46.6 Å². The van der Waals surface area contributed by atoms with E-state index in [-0.39, 0.29) is 19.2 Å². The van der Waals surface area contributed by atoms with Crippen molar-refractivity contribution in [1.82, 2.24) is 4.31 Å². The van der Waals surface area contributed by atoms with Crippen molar-refractivity contribution in [1.29, 1.82) is 0 Å². The molecule has 1 aromatic rings. The normalized spacial score (nSPS) is 19.8. The third-order valence-electron chi connectivity index (χ3n) is 3.59.